The molecule has 2 rings (SSSR count). The SMILES string of the molecule is CCCCCNC(=O)C1CC(=O)N(CCc2cccc(Cl)c2)C1. The van der Waals surface area contributed by atoms with Crippen molar-refractivity contribution in [3.05, 3.63) is 34.9 Å². The Morgan fingerprint density at radius 2 is 2.22 bits per heavy atom. The lowest BCUT2D eigenvalue weighted by Gasteiger charge is -2.16. The molecule has 0 radical (unpaired) electrons. The second kappa shape index (κ2) is 8.92. The summed E-state index contributed by atoms with van der Waals surface area (Å²) in [5.41, 5.74) is 1.11. The van der Waals surface area contributed by atoms with Crippen molar-refractivity contribution >= 4 is 23.4 Å². The van der Waals surface area contributed by atoms with Gasteiger partial charge in [0, 0.05) is 31.1 Å². The number of carbonyl (C=O) groups excluding carboxylic acids is 2. The van der Waals surface area contributed by atoms with Crippen molar-refractivity contribution < 1.29 is 9.59 Å². The molecule has 1 unspecified atom stereocenters. The molecule has 1 atom stereocenters. The first kappa shape index (κ1) is 17.8. The minimum atomic E-state index is -0.205. The third-order valence-corrected chi connectivity index (χ3v) is 4.46. The molecular weight excluding hydrogens is 312 g/mol. The summed E-state index contributed by atoms with van der Waals surface area (Å²) < 4.78 is 0. The van der Waals surface area contributed by atoms with Crippen molar-refractivity contribution in [1.29, 1.82) is 0 Å². The Bertz CT molecular complexity index is 548. The monoisotopic (exact) mass is 336 g/mol. The molecule has 1 aromatic rings. The van der Waals surface area contributed by atoms with Crippen LogP contribution in [0.5, 0.6) is 0 Å². The Balaban J connectivity index is 1.77. The molecule has 0 aliphatic carbocycles. The Kier molecular flexibility index (Phi) is 6.90. The minimum absolute atomic E-state index is 0.0136. The topological polar surface area (TPSA) is 49.4 Å². The zero-order valence-electron chi connectivity index (χ0n) is 13.7. The first-order valence-electron chi connectivity index (χ1n) is 8.40. The van der Waals surface area contributed by atoms with Crippen molar-refractivity contribution in [2.75, 3.05) is 19.6 Å². The quantitative estimate of drug-likeness (QED) is 0.742. The zero-order valence-corrected chi connectivity index (χ0v) is 14.4. The highest BCUT2D eigenvalue weighted by molar-refractivity contribution is 6.30. The van der Waals surface area contributed by atoms with E-state index in [1.54, 1.807) is 4.90 Å². The van der Waals surface area contributed by atoms with E-state index >= 15 is 0 Å². The van der Waals surface area contributed by atoms with Gasteiger partial charge in [0.2, 0.25) is 11.8 Å². The number of hydrogen-bond acceptors (Lipinski definition) is 2. The Morgan fingerprint density at radius 1 is 1.39 bits per heavy atom. The molecule has 23 heavy (non-hydrogen) atoms. The van der Waals surface area contributed by atoms with Crippen molar-refractivity contribution in [3.8, 4) is 0 Å². The Labute approximate surface area is 143 Å². The summed E-state index contributed by atoms with van der Waals surface area (Å²) in [7, 11) is 0. The number of rotatable bonds is 8. The average Bonchev–Trinajstić information content (AvgIpc) is 2.91. The lowest BCUT2D eigenvalue weighted by molar-refractivity contribution is -0.129. The number of nitrogens with one attached hydrogen (secondary N) is 1. The van der Waals surface area contributed by atoms with Crippen LogP contribution < -0.4 is 5.32 Å². The predicted octanol–water partition coefficient (Wildman–Crippen LogP) is 3.04. The summed E-state index contributed by atoms with van der Waals surface area (Å²) in [6, 6.07) is 7.67. The molecule has 4 nitrogen and oxygen atoms in total. The fourth-order valence-electron chi connectivity index (χ4n) is 2.85. The van der Waals surface area contributed by atoms with E-state index in [4.69, 9.17) is 11.6 Å². The van der Waals surface area contributed by atoms with Gasteiger partial charge in [-0.05, 0) is 30.5 Å². The van der Waals surface area contributed by atoms with Crippen LogP contribution in [0, 0.1) is 5.92 Å². The van der Waals surface area contributed by atoms with Gasteiger partial charge in [0.1, 0.15) is 0 Å². The fourth-order valence-corrected chi connectivity index (χ4v) is 3.06. The van der Waals surface area contributed by atoms with Gasteiger partial charge in [-0.25, -0.2) is 0 Å². The molecular formula is C18H25ClN2O2. The fraction of sp³-hybridized carbons (Fsp3) is 0.556. The average molecular weight is 337 g/mol. The van der Waals surface area contributed by atoms with Gasteiger partial charge in [-0.15, -0.1) is 0 Å². The van der Waals surface area contributed by atoms with E-state index in [0.29, 0.717) is 31.1 Å². The summed E-state index contributed by atoms with van der Waals surface area (Å²) in [5, 5.41) is 3.65. The smallest absolute Gasteiger partial charge is 0.225 e. The second-order valence-corrected chi connectivity index (χ2v) is 6.56. The van der Waals surface area contributed by atoms with Gasteiger partial charge in [0.25, 0.3) is 0 Å². The van der Waals surface area contributed by atoms with E-state index in [1.807, 2.05) is 24.3 Å². The first-order chi connectivity index (χ1) is 11.1. The lowest BCUT2D eigenvalue weighted by atomic mass is 10.1. The Hall–Kier alpha value is -1.55. The van der Waals surface area contributed by atoms with E-state index in [1.165, 1.54) is 0 Å². The summed E-state index contributed by atoms with van der Waals surface area (Å²) in [6.45, 7) is 4.01. The highest BCUT2D eigenvalue weighted by atomic mass is 35.5. The number of hydrogen-bond donors (Lipinski definition) is 1. The molecule has 1 aliphatic rings. The number of halogens is 1. The normalized spacial score (nSPS) is 17.6. The molecule has 5 heteroatoms. The first-order valence-corrected chi connectivity index (χ1v) is 8.78. The highest BCUT2D eigenvalue weighted by Gasteiger charge is 2.33. The van der Waals surface area contributed by atoms with Crippen LogP contribution in [0.2, 0.25) is 5.02 Å². The standard InChI is InChI=1S/C18H25ClN2O2/c1-2-3-4-9-20-18(23)15-12-17(22)21(13-15)10-8-14-6-5-7-16(19)11-14/h5-7,11,15H,2-4,8-10,12-13H2,1H3,(H,20,23). The maximum Gasteiger partial charge on any atom is 0.225 e. The summed E-state index contributed by atoms with van der Waals surface area (Å²) in [6.07, 6.45) is 4.35. The highest BCUT2D eigenvalue weighted by Crippen LogP contribution is 2.19. The third kappa shape index (κ3) is 5.54. The van der Waals surface area contributed by atoms with Gasteiger partial charge in [0.05, 0.1) is 5.92 Å². The van der Waals surface area contributed by atoms with Gasteiger partial charge in [-0.2, -0.15) is 0 Å². The number of likely N-dealkylation sites (tertiary alicyclic amines) is 1. The summed E-state index contributed by atoms with van der Waals surface area (Å²) >= 11 is 5.97. The molecule has 0 spiro atoms. The van der Waals surface area contributed by atoms with Crippen LogP contribution in [0.15, 0.2) is 24.3 Å². The van der Waals surface area contributed by atoms with Crippen molar-refractivity contribution in [2.24, 2.45) is 5.92 Å². The van der Waals surface area contributed by atoms with Gasteiger partial charge in [-0.3, -0.25) is 9.59 Å². The van der Waals surface area contributed by atoms with Crippen LogP contribution in [0.3, 0.4) is 0 Å². The Morgan fingerprint density at radius 3 is 2.96 bits per heavy atom. The molecule has 0 aromatic heterocycles. The van der Waals surface area contributed by atoms with Crippen LogP contribution in [0.25, 0.3) is 0 Å². The lowest BCUT2D eigenvalue weighted by Crippen LogP contribution is -2.34. The largest absolute Gasteiger partial charge is 0.356 e. The van der Waals surface area contributed by atoms with Gasteiger partial charge in [0.15, 0.2) is 0 Å². The maximum absolute atomic E-state index is 12.1. The number of nitrogens with zero attached hydrogens (tertiary/aromatic N) is 1. The maximum atomic E-state index is 12.1. The zero-order chi connectivity index (χ0) is 16.7. The number of amides is 2. The number of unbranched alkanes of at least 4 members (excludes halogenated alkanes) is 2. The van der Waals surface area contributed by atoms with E-state index in [0.717, 1.165) is 31.2 Å². The molecule has 0 saturated carbocycles. The molecule has 1 fully saturated rings. The number of benzene rings is 1. The van der Waals surface area contributed by atoms with E-state index in [2.05, 4.69) is 12.2 Å². The summed E-state index contributed by atoms with van der Waals surface area (Å²) in [5.74, 6) is -0.121. The van der Waals surface area contributed by atoms with Crippen LogP contribution in [-0.4, -0.2) is 36.3 Å². The van der Waals surface area contributed by atoms with E-state index in [-0.39, 0.29) is 17.7 Å². The van der Waals surface area contributed by atoms with Crippen molar-refractivity contribution in [1.82, 2.24) is 10.2 Å². The summed E-state index contributed by atoms with van der Waals surface area (Å²) in [4.78, 5) is 26.0. The van der Waals surface area contributed by atoms with Crippen molar-refractivity contribution in [3.63, 3.8) is 0 Å². The van der Waals surface area contributed by atoms with Crippen LogP contribution in [0.4, 0.5) is 0 Å². The van der Waals surface area contributed by atoms with E-state index in [9.17, 15) is 9.59 Å². The van der Waals surface area contributed by atoms with Gasteiger partial charge >= 0.3 is 0 Å². The van der Waals surface area contributed by atoms with Gasteiger partial charge < -0.3 is 10.2 Å². The molecule has 1 saturated heterocycles. The van der Waals surface area contributed by atoms with Crippen LogP contribution in [-0.2, 0) is 16.0 Å². The van der Waals surface area contributed by atoms with Crippen LogP contribution in [0.1, 0.15) is 38.2 Å². The van der Waals surface area contributed by atoms with Gasteiger partial charge in [-0.1, -0.05) is 43.5 Å². The van der Waals surface area contributed by atoms with Crippen LogP contribution >= 0.6 is 11.6 Å². The molecule has 1 N–H and O–H groups in total. The molecule has 126 valence electrons. The van der Waals surface area contributed by atoms with Crippen molar-refractivity contribution in [2.45, 2.75) is 39.0 Å². The molecule has 1 aromatic carbocycles. The van der Waals surface area contributed by atoms with E-state index < -0.39 is 0 Å². The minimum Gasteiger partial charge on any atom is -0.356 e. The molecule has 2 amide bonds. The third-order valence-electron chi connectivity index (χ3n) is 4.22. The molecule has 1 heterocycles. The molecule has 0 bridgehead atoms. The second-order valence-electron chi connectivity index (χ2n) is 6.12. The predicted molar refractivity (Wildman–Crippen MR) is 92.4 cm³/mol. The molecule has 1 aliphatic heterocycles. The number of carbonyl (C=O) groups is 2.